The quantitative estimate of drug-likeness (QED) is 0.479. The van der Waals surface area contributed by atoms with E-state index in [0.717, 1.165) is 0 Å². The summed E-state index contributed by atoms with van der Waals surface area (Å²) in [6.07, 6.45) is 1.50. The van der Waals surface area contributed by atoms with Gasteiger partial charge in [0.25, 0.3) is 5.78 Å². The lowest BCUT2D eigenvalue weighted by molar-refractivity contribution is -0.142. The maximum atomic E-state index is 11.3. The van der Waals surface area contributed by atoms with Crippen molar-refractivity contribution in [2.45, 2.75) is 18.4 Å². The molecule has 0 atom stereocenters. The predicted octanol–water partition coefficient (Wildman–Crippen LogP) is 0.519. The molecule has 2 heterocycles. The van der Waals surface area contributed by atoms with Crippen LogP contribution in [0.1, 0.15) is 12.6 Å². The number of hydrogen-bond donors (Lipinski definition) is 1. The van der Waals surface area contributed by atoms with Crippen molar-refractivity contribution in [3.05, 3.63) is 18.1 Å². The Kier molecular flexibility index (Phi) is 3.04. The van der Waals surface area contributed by atoms with Gasteiger partial charge in [0.15, 0.2) is 0 Å². The predicted molar refractivity (Wildman–Crippen MR) is 58.4 cm³/mol. The molecule has 0 N–H and O–H groups in total. The van der Waals surface area contributed by atoms with Crippen LogP contribution in [0, 0.1) is 0 Å². The van der Waals surface area contributed by atoms with Crippen LogP contribution in [0.5, 0.6) is 0 Å². The van der Waals surface area contributed by atoms with Gasteiger partial charge in [0.1, 0.15) is 11.4 Å². The van der Waals surface area contributed by atoms with Crippen LogP contribution in [-0.4, -0.2) is 32.2 Å². The summed E-state index contributed by atoms with van der Waals surface area (Å²) in [5.41, 5.74) is 0.573. The molecule has 0 fully saturated rings. The second-order valence-electron chi connectivity index (χ2n) is 3.06. The molecule has 0 unspecified atom stereocenters. The summed E-state index contributed by atoms with van der Waals surface area (Å²) in [6, 6.07) is 1.67. The molecule has 0 spiro atoms. The van der Waals surface area contributed by atoms with Gasteiger partial charge in [0.2, 0.25) is 0 Å². The van der Waals surface area contributed by atoms with Gasteiger partial charge >= 0.3 is 5.97 Å². The van der Waals surface area contributed by atoms with Crippen LogP contribution in [0.25, 0.3) is 5.78 Å². The first-order chi connectivity index (χ1) is 7.70. The topological polar surface area (TPSA) is 69.4 Å². The number of thiol groups is 1. The molecule has 2 aromatic rings. The van der Waals surface area contributed by atoms with Crippen LogP contribution >= 0.6 is 12.6 Å². The van der Waals surface area contributed by atoms with E-state index in [1.807, 2.05) is 0 Å². The Bertz CT molecular complexity index is 525. The Hall–Kier alpha value is -1.63. The van der Waals surface area contributed by atoms with Crippen molar-refractivity contribution >= 4 is 24.4 Å². The molecule has 0 bridgehead atoms. The molecule has 0 aliphatic heterocycles. The van der Waals surface area contributed by atoms with Crippen LogP contribution in [0.4, 0.5) is 0 Å². The zero-order valence-corrected chi connectivity index (χ0v) is 9.52. The zero-order valence-electron chi connectivity index (χ0n) is 8.62. The van der Waals surface area contributed by atoms with E-state index in [9.17, 15) is 4.79 Å². The molecule has 0 saturated heterocycles. The van der Waals surface area contributed by atoms with Crippen LogP contribution in [0.15, 0.2) is 17.4 Å². The van der Waals surface area contributed by atoms with Crippen molar-refractivity contribution in [2.24, 2.45) is 0 Å². The van der Waals surface area contributed by atoms with E-state index in [4.69, 9.17) is 4.74 Å². The number of carbonyl (C=O) groups excluding carboxylic acids is 1. The van der Waals surface area contributed by atoms with Crippen molar-refractivity contribution in [1.29, 1.82) is 0 Å². The molecule has 0 aliphatic carbocycles. The van der Waals surface area contributed by atoms with Crippen LogP contribution < -0.4 is 0 Å². The molecule has 7 heteroatoms. The number of ether oxygens (including phenoxy) is 1. The Balaban J connectivity index is 2.28. The van der Waals surface area contributed by atoms with Gasteiger partial charge in [-0.15, -0.1) is 12.6 Å². The monoisotopic (exact) mass is 238 g/mol. The van der Waals surface area contributed by atoms with Gasteiger partial charge in [0, 0.05) is 0 Å². The van der Waals surface area contributed by atoms with Crippen LogP contribution in [0.2, 0.25) is 0 Å². The molecule has 2 aromatic heterocycles. The minimum atomic E-state index is -0.313. The van der Waals surface area contributed by atoms with Crippen molar-refractivity contribution < 1.29 is 9.53 Å². The average molecular weight is 238 g/mol. The van der Waals surface area contributed by atoms with E-state index in [1.165, 1.54) is 10.8 Å². The lowest BCUT2D eigenvalue weighted by Crippen LogP contribution is -2.10. The third-order valence-corrected chi connectivity index (χ3v) is 2.24. The molecule has 0 aliphatic rings. The van der Waals surface area contributed by atoms with Crippen molar-refractivity contribution in [1.82, 2.24) is 19.6 Å². The molecular weight excluding hydrogens is 228 g/mol. The largest absolute Gasteiger partial charge is 0.466 e. The van der Waals surface area contributed by atoms with E-state index in [-0.39, 0.29) is 12.4 Å². The first-order valence-corrected chi connectivity index (χ1v) is 5.19. The number of fused-ring (bicyclic) bond motifs is 1. The van der Waals surface area contributed by atoms with Gasteiger partial charge in [-0.05, 0) is 13.0 Å². The van der Waals surface area contributed by atoms with E-state index in [0.29, 0.717) is 23.1 Å². The van der Waals surface area contributed by atoms with Crippen molar-refractivity contribution in [2.75, 3.05) is 6.61 Å². The molecule has 0 amide bonds. The van der Waals surface area contributed by atoms with Gasteiger partial charge in [-0.3, -0.25) is 4.79 Å². The molecule has 2 rings (SSSR count). The Morgan fingerprint density at radius 1 is 1.62 bits per heavy atom. The fourth-order valence-corrected chi connectivity index (χ4v) is 1.58. The summed E-state index contributed by atoms with van der Waals surface area (Å²) in [4.78, 5) is 19.4. The number of hydrogen-bond acceptors (Lipinski definition) is 6. The smallest absolute Gasteiger partial charge is 0.311 e. The van der Waals surface area contributed by atoms with Crippen molar-refractivity contribution in [3.63, 3.8) is 0 Å². The van der Waals surface area contributed by atoms with E-state index in [2.05, 4.69) is 27.7 Å². The van der Waals surface area contributed by atoms with E-state index >= 15 is 0 Å². The maximum Gasteiger partial charge on any atom is 0.311 e. The summed E-state index contributed by atoms with van der Waals surface area (Å²) < 4.78 is 6.32. The van der Waals surface area contributed by atoms with E-state index < -0.39 is 0 Å². The Morgan fingerprint density at radius 3 is 3.19 bits per heavy atom. The maximum absolute atomic E-state index is 11.3. The van der Waals surface area contributed by atoms with Gasteiger partial charge in [-0.2, -0.15) is 14.6 Å². The lowest BCUT2D eigenvalue weighted by Gasteiger charge is -2.03. The first-order valence-electron chi connectivity index (χ1n) is 4.75. The first kappa shape index (κ1) is 10.9. The summed E-state index contributed by atoms with van der Waals surface area (Å²) in [7, 11) is 0. The van der Waals surface area contributed by atoms with Crippen LogP contribution in [-0.2, 0) is 16.0 Å². The third-order valence-electron chi connectivity index (χ3n) is 1.92. The minimum absolute atomic E-state index is 0.116. The van der Waals surface area contributed by atoms with E-state index in [1.54, 1.807) is 13.0 Å². The van der Waals surface area contributed by atoms with Gasteiger partial charge in [-0.1, -0.05) is 0 Å². The summed E-state index contributed by atoms with van der Waals surface area (Å²) in [5, 5.41) is 4.51. The average Bonchev–Trinajstić information content (AvgIpc) is 2.66. The molecule has 84 valence electrons. The number of carbonyl (C=O) groups is 1. The molecule has 0 aromatic carbocycles. The number of esters is 1. The zero-order chi connectivity index (χ0) is 11.5. The molecule has 16 heavy (non-hydrogen) atoms. The number of rotatable bonds is 3. The van der Waals surface area contributed by atoms with Gasteiger partial charge in [-0.25, -0.2) is 4.98 Å². The Morgan fingerprint density at radius 2 is 2.44 bits per heavy atom. The summed E-state index contributed by atoms with van der Waals surface area (Å²) in [5.74, 6) is 0.110. The third kappa shape index (κ3) is 2.13. The second-order valence-corrected chi connectivity index (χ2v) is 3.52. The minimum Gasteiger partial charge on any atom is -0.466 e. The normalized spacial score (nSPS) is 10.6. The van der Waals surface area contributed by atoms with Gasteiger partial charge in [0.05, 0.1) is 18.7 Å². The highest BCUT2D eigenvalue weighted by molar-refractivity contribution is 7.80. The number of aromatic nitrogens is 4. The summed E-state index contributed by atoms with van der Waals surface area (Å²) >= 11 is 4.23. The highest BCUT2D eigenvalue weighted by Crippen LogP contribution is 2.09. The number of nitrogens with zero attached hydrogens (tertiary/aromatic N) is 4. The fraction of sp³-hybridized carbons (Fsp3) is 0.333. The van der Waals surface area contributed by atoms with Gasteiger partial charge < -0.3 is 4.74 Å². The lowest BCUT2D eigenvalue weighted by atomic mass is 10.3. The molecule has 0 saturated carbocycles. The molecule has 0 radical (unpaired) electrons. The standard InChI is InChI=1S/C9H10N4O2S/c1-2-15-8(14)4-6-3-7(16)13-9(12-6)10-5-11-13/h3,5,16H,2,4H2,1H3. The van der Waals surface area contributed by atoms with Crippen molar-refractivity contribution in [3.8, 4) is 0 Å². The highest BCUT2D eigenvalue weighted by atomic mass is 32.1. The second kappa shape index (κ2) is 4.48. The highest BCUT2D eigenvalue weighted by Gasteiger charge is 2.09. The fourth-order valence-electron chi connectivity index (χ4n) is 1.29. The SMILES string of the molecule is CCOC(=O)Cc1cc(S)n2ncnc2n1. The molecule has 6 nitrogen and oxygen atoms in total. The van der Waals surface area contributed by atoms with Crippen LogP contribution in [0.3, 0.4) is 0 Å². The Labute approximate surface area is 97.1 Å². The molecular formula is C9H10N4O2S. The summed E-state index contributed by atoms with van der Waals surface area (Å²) in [6.45, 7) is 2.12.